The number of hydrogen-bond acceptors (Lipinski definition) is 5. The Hall–Kier alpha value is -1.79. The zero-order chi connectivity index (χ0) is 15.7. The van der Waals surface area contributed by atoms with Crippen LogP contribution in [0.3, 0.4) is 0 Å². The SMILES string of the molecule is COCCCNC(=O)COc1ccc(C(C)O)cc1OC. The van der Waals surface area contributed by atoms with E-state index in [1.807, 2.05) is 0 Å². The fraction of sp³-hybridized carbons (Fsp3) is 0.533. The number of rotatable bonds is 9. The fourth-order valence-corrected chi connectivity index (χ4v) is 1.70. The minimum absolute atomic E-state index is 0.0859. The maximum Gasteiger partial charge on any atom is 0.257 e. The van der Waals surface area contributed by atoms with E-state index in [2.05, 4.69) is 5.32 Å². The van der Waals surface area contributed by atoms with Gasteiger partial charge >= 0.3 is 0 Å². The Morgan fingerprint density at radius 1 is 1.33 bits per heavy atom. The standard InChI is InChI=1S/C15H23NO5/c1-11(17)12-5-6-13(14(9-12)20-3)21-10-15(18)16-7-4-8-19-2/h5-6,9,11,17H,4,7-8,10H2,1-3H3,(H,16,18). The lowest BCUT2D eigenvalue weighted by Gasteiger charge is -2.13. The summed E-state index contributed by atoms with van der Waals surface area (Å²) in [5.41, 5.74) is 0.725. The van der Waals surface area contributed by atoms with Crippen molar-refractivity contribution in [1.82, 2.24) is 5.32 Å². The molecule has 0 bridgehead atoms. The number of nitrogens with one attached hydrogen (secondary N) is 1. The smallest absolute Gasteiger partial charge is 0.257 e. The normalized spacial score (nSPS) is 11.8. The Morgan fingerprint density at radius 2 is 2.10 bits per heavy atom. The first-order valence-corrected chi connectivity index (χ1v) is 6.83. The molecule has 0 aliphatic heterocycles. The lowest BCUT2D eigenvalue weighted by Crippen LogP contribution is -2.30. The molecule has 118 valence electrons. The van der Waals surface area contributed by atoms with Gasteiger partial charge in [0, 0.05) is 20.3 Å². The van der Waals surface area contributed by atoms with Crippen molar-refractivity contribution in [3.05, 3.63) is 23.8 Å². The first kappa shape index (κ1) is 17.3. The lowest BCUT2D eigenvalue weighted by atomic mass is 10.1. The van der Waals surface area contributed by atoms with E-state index in [0.29, 0.717) is 24.7 Å². The predicted octanol–water partition coefficient (Wildman–Crippen LogP) is 1.28. The van der Waals surface area contributed by atoms with Gasteiger partial charge < -0.3 is 24.6 Å². The van der Waals surface area contributed by atoms with Gasteiger partial charge in [-0.25, -0.2) is 0 Å². The van der Waals surface area contributed by atoms with E-state index in [1.54, 1.807) is 32.2 Å². The molecular formula is C15H23NO5. The summed E-state index contributed by atoms with van der Waals surface area (Å²) in [4.78, 5) is 11.6. The Kier molecular flexibility index (Phi) is 7.56. The highest BCUT2D eigenvalue weighted by atomic mass is 16.5. The third-order valence-electron chi connectivity index (χ3n) is 2.88. The monoisotopic (exact) mass is 297 g/mol. The summed E-state index contributed by atoms with van der Waals surface area (Å²) in [6, 6.07) is 5.11. The van der Waals surface area contributed by atoms with Crippen LogP contribution in [0.1, 0.15) is 25.0 Å². The molecule has 2 N–H and O–H groups in total. The molecule has 0 spiro atoms. The van der Waals surface area contributed by atoms with Crippen molar-refractivity contribution in [3.8, 4) is 11.5 Å². The van der Waals surface area contributed by atoms with Gasteiger partial charge in [-0.05, 0) is 31.0 Å². The Morgan fingerprint density at radius 3 is 2.71 bits per heavy atom. The van der Waals surface area contributed by atoms with Crippen LogP contribution in [0.5, 0.6) is 11.5 Å². The quantitative estimate of drug-likeness (QED) is 0.671. The van der Waals surface area contributed by atoms with Crippen LogP contribution in [0.4, 0.5) is 0 Å². The van der Waals surface area contributed by atoms with Gasteiger partial charge in [-0.3, -0.25) is 4.79 Å². The number of ether oxygens (including phenoxy) is 3. The third-order valence-corrected chi connectivity index (χ3v) is 2.88. The molecule has 1 unspecified atom stereocenters. The minimum Gasteiger partial charge on any atom is -0.493 e. The maximum absolute atomic E-state index is 11.6. The number of carbonyl (C=O) groups is 1. The molecule has 6 heteroatoms. The first-order valence-electron chi connectivity index (χ1n) is 6.83. The minimum atomic E-state index is -0.586. The molecule has 0 aliphatic carbocycles. The van der Waals surface area contributed by atoms with Crippen molar-refractivity contribution in [2.24, 2.45) is 0 Å². The van der Waals surface area contributed by atoms with Crippen LogP contribution >= 0.6 is 0 Å². The number of amides is 1. The molecule has 0 radical (unpaired) electrons. The molecule has 1 atom stereocenters. The van der Waals surface area contributed by atoms with Gasteiger partial charge in [0.1, 0.15) is 0 Å². The number of carbonyl (C=O) groups excluding carboxylic acids is 1. The Labute approximate surface area is 125 Å². The van der Waals surface area contributed by atoms with Crippen molar-refractivity contribution in [3.63, 3.8) is 0 Å². The van der Waals surface area contributed by atoms with Gasteiger partial charge in [-0.1, -0.05) is 6.07 Å². The Bertz CT molecular complexity index is 448. The van der Waals surface area contributed by atoms with Crippen LogP contribution in [0, 0.1) is 0 Å². The highest BCUT2D eigenvalue weighted by molar-refractivity contribution is 5.77. The van der Waals surface area contributed by atoms with E-state index in [4.69, 9.17) is 14.2 Å². The molecule has 1 amide bonds. The summed E-state index contributed by atoms with van der Waals surface area (Å²) in [5.74, 6) is 0.752. The second-order valence-electron chi connectivity index (χ2n) is 4.57. The highest BCUT2D eigenvalue weighted by Gasteiger charge is 2.10. The predicted molar refractivity (Wildman–Crippen MR) is 78.6 cm³/mol. The second kappa shape index (κ2) is 9.20. The van der Waals surface area contributed by atoms with Gasteiger partial charge in [0.15, 0.2) is 18.1 Å². The molecule has 21 heavy (non-hydrogen) atoms. The third kappa shape index (κ3) is 6.01. The van der Waals surface area contributed by atoms with Crippen molar-refractivity contribution in [2.75, 3.05) is 34.0 Å². The average Bonchev–Trinajstić information content (AvgIpc) is 2.49. The molecule has 0 aliphatic rings. The van der Waals surface area contributed by atoms with E-state index in [0.717, 1.165) is 12.0 Å². The summed E-state index contributed by atoms with van der Waals surface area (Å²) < 4.78 is 15.5. The molecule has 0 heterocycles. The summed E-state index contributed by atoms with van der Waals surface area (Å²) in [7, 11) is 3.13. The molecule has 1 rings (SSSR count). The Balaban J connectivity index is 2.49. The largest absolute Gasteiger partial charge is 0.493 e. The number of aliphatic hydroxyl groups is 1. The zero-order valence-corrected chi connectivity index (χ0v) is 12.7. The van der Waals surface area contributed by atoms with Crippen LogP contribution in [-0.4, -0.2) is 45.0 Å². The molecular weight excluding hydrogens is 274 g/mol. The van der Waals surface area contributed by atoms with E-state index in [-0.39, 0.29) is 12.5 Å². The summed E-state index contributed by atoms with van der Waals surface area (Å²) in [6.07, 6.45) is 0.172. The van der Waals surface area contributed by atoms with Gasteiger partial charge in [-0.2, -0.15) is 0 Å². The topological polar surface area (TPSA) is 77.0 Å². The van der Waals surface area contributed by atoms with Crippen LogP contribution in [0.25, 0.3) is 0 Å². The molecule has 0 saturated heterocycles. The molecule has 6 nitrogen and oxygen atoms in total. The van der Waals surface area contributed by atoms with E-state index in [9.17, 15) is 9.90 Å². The highest BCUT2D eigenvalue weighted by Crippen LogP contribution is 2.30. The van der Waals surface area contributed by atoms with Gasteiger partial charge in [0.05, 0.1) is 13.2 Å². The van der Waals surface area contributed by atoms with Crippen LogP contribution < -0.4 is 14.8 Å². The van der Waals surface area contributed by atoms with Crippen LogP contribution in [0.2, 0.25) is 0 Å². The van der Waals surface area contributed by atoms with Crippen molar-refractivity contribution >= 4 is 5.91 Å². The van der Waals surface area contributed by atoms with Crippen LogP contribution in [0.15, 0.2) is 18.2 Å². The van der Waals surface area contributed by atoms with Crippen molar-refractivity contribution in [2.45, 2.75) is 19.4 Å². The molecule has 0 saturated carbocycles. The van der Waals surface area contributed by atoms with Crippen molar-refractivity contribution < 1.29 is 24.1 Å². The summed E-state index contributed by atoms with van der Waals surface area (Å²) in [6.45, 7) is 2.74. The summed E-state index contributed by atoms with van der Waals surface area (Å²) in [5, 5.41) is 12.3. The van der Waals surface area contributed by atoms with Crippen LogP contribution in [-0.2, 0) is 9.53 Å². The number of aliphatic hydroxyl groups excluding tert-OH is 1. The second-order valence-corrected chi connectivity index (χ2v) is 4.57. The van der Waals surface area contributed by atoms with Gasteiger partial charge in [-0.15, -0.1) is 0 Å². The zero-order valence-electron chi connectivity index (χ0n) is 12.7. The van der Waals surface area contributed by atoms with E-state index >= 15 is 0 Å². The molecule has 1 aromatic rings. The fourth-order valence-electron chi connectivity index (χ4n) is 1.70. The molecule has 0 fully saturated rings. The van der Waals surface area contributed by atoms with Gasteiger partial charge in [0.2, 0.25) is 0 Å². The maximum atomic E-state index is 11.6. The molecule has 1 aromatic carbocycles. The average molecular weight is 297 g/mol. The van der Waals surface area contributed by atoms with E-state index < -0.39 is 6.10 Å². The van der Waals surface area contributed by atoms with Gasteiger partial charge in [0.25, 0.3) is 5.91 Å². The van der Waals surface area contributed by atoms with Crippen molar-refractivity contribution in [1.29, 1.82) is 0 Å². The molecule has 0 aromatic heterocycles. The van der Waals surface area contributed by atoms with E-state index in [1.165, 1.54) is 7.11 Å². The first-order chi connectivity index (χ1) is 10.1. The number of benzene rings is 1. The lowest BCUT2D eigenvalue weighted by molar-refractivity contribution is -0.123. The number of methoxy groups -OCH3 is 2. The summed E-state index contributed by atoms with van der Waals surface area (Å²) >= 11 is 0. The number of hydrogen-bond donors (Lipinski definition) is 2.